The van der Waals surface area contributed by atoms with Gasteiger partial charge in [0.25, 0.3) is 0 Å². The molecule has 1 heterocycles. The van der Waals surface area contributed by atoms with E-state index >= 15 is 0 Å². The molecule has 0 fully saturated rings. The Kier molecular flexibility index (Phi) is 6.95. The maximum atomic E-state index is 13.4. The molecule has 0 amide bonds. The summed E-state index contributed by atoms with van der Waals surface area (Å²) in [7, 11) is 2.94. The van der Waals surface area contributed by atoms with E-state index in [0.717, 1.165) is 16.8 Å². The van der Waals surface area contributed by atoms with E-state index in [1.165, 1.54) is 7.11 Å². The standard InChI is InChI=1S/C28H30ClNO5/c1-16-24(27(32)34-5)25(26-21(30-16)13-28(2,3)14-22(26)31)17-6-11-23(33-4)18(12-17)15-35-20-9-7-19(29)8-10-20/h6-12,24-25,30H,1,13-15H2,2-5H3. The van der Waals surface area contributed by atoms with Gasteiger partial charge in [0.2, 0.25) is 0 Å². The second-order valence-corrected chi connectivity index (χ2v) is 10.2. The topological polar surface area (TPSA) is 73.9 Å². The molecule has 0 bridgehead atoms. The molecule has 1 aliphatic heterocycles. The van der Waals surface area contributed by atoms with Crippen LogP contribution in [-0.2, 0) is 20.9 Å². The summed E-state index contributed by atoms with van der Waals surface area (Å²) in [5, 5.41) is 3.89. The van der Waals surface area contributed by atoms with Crippen LogP contribution >= 0.6 is 11.6 Å². The van der Waals surface area contributed by atoms with Gasteiger partial charge in [0, 0.05) is 39.9 Å². The molecule has 2 aromatic rings. The van der Waals surface area contributed by atoms with Crippen LogP contribution in [0.25, 0.3) is 0 Å². The lowest BCUT2D eigenvalue weighted by Crippen LogP contribution is -2.43. The average molecular weight is 496 g/mol. The molecule has 35 heavy (non-hydrogen) atoms. The lowest BCUT2D eigenvalue weighted by atomic mass is 9.66. The van der Waals surface area contributed by atoms with Crippen molar-refractivity contribution in [3.63, 3.8) is 0 Å². The van der Waals surface area contributed by atoms with Gasteiger partial charge in [-0.2, -0.15) is 0 Å². The van der Waals surface area contributed by atoms with Crippen molar-refractivity contribution in [2.24, 2.45) is 11.3 Å². The number of carbonyl (C=O) groups is 2. The van der Waals surface area contributed by atoms with E-state index in [1.807, 2.05) is 18.2 Å². The van der Waals surface area contributed by atoms with Crippen LogP contribution in [0.1, 0.15) is 43.7 Å². The van der Waals surface area contributed by atoms with Gasteiger partial charge in [0.05, 0.1) is 14.2 Å². The van der Waals surface area contributed by atoms with Crippen LogP contribution in [-0.4, -0.2) is 26.0 Å². The number of carbonyl (C=O) groups excluding carboxylic acids is 2. The van der Waals surface area contributed by atoms with Gasteiger partial charge in [-0.25, -0.2) is 0 Å². The summed E-state index contributed by atoms with van der Waals surface area (Å²) in [4.78, 5) is 26.3. The highest BCUT2D eigenvalue weighted by molar-refractivity contribution is 6.30. The van der Waals surface area contributed by atoms with E-state index in [9.17, 15) is 9.59 Å². The van der Waals surface area contributed by atoms with E-state index in [0.29, 0.717) is 40.6 Å². The van der Waals surface area contributed by atoms with Crippen LogP contribution in [0.5, 0.6) is 11.5 Å². The number of benzene rings is 2. The average Bonchev–Trinajstić information content (AvgIpc) is 2.81. The smallest absolute Gasteiger partial charge is 0.315 e. The Hall–Kier alpha value is -3.25. The van der Waals surface area contributed by atoms with Gasteiger partial charge >= 0.3 is 5.97 Å². The molecule has 7 heteroatoms. The molecule has 1 aliphatic carbocycles. The summed E-state index contributed by atoms with van der Waals surface area (Å²) < 4.78 is 16.7. The summed E-state index contributed by atoms with van der Waals surface area (Å²) in [6, 6.07) is 12.8. The second kappa shape index (κ2) is 9.78. The number of hydrogen-bond acceptors (Lipinski definition) is 6. The maximum Gasteiger partial charge on any atom is 0.315 e. The van der Waals surface area contributed by atoms with Crippen LogP contribution in [0.15, 0.2) is 66.0 Å². The molecule has 2 aliphatic rings. The van der Waals surface area contributed by atoms with Gasteiger partial charge in [0.15, 0.2) is 5.78 Å². The SMILES string of the molecule is C=C1NC2=C(C(=O)CC(C)(C)C2)C(c2ccc(OC)c(COc3ccc(Cl)cc3)c2)C1C(=O)OC. The zero-order valence-electron chi connectivity index (χ0n) is 20.4. The van der Waals surface area contributed by atoms with E-state index in [2.05, 4.69) is 25.7 Å². The number of ketones is 1. The first-order valence-corrected chi connectivity index (χ1v) is 11.9. The Labute approximate surface area is 210 Å². The first-order chi connectivity index (χ1) is 16.6. The monoisotopic (exact) mass is 495 g/mol. The third-order valence-corrected chi connectivity index (χ3v) is 6.83. The van der Waals surface area contributed by atoms with Crippen LogP contribution in [0, 0.1) is 11.3 Å². The molecular formula is C28H30ClNO5. The van der Waals surface area contributed by atoms with Gasteiger partial charge in [0.1, 0.15) is 24.0 Å². The van der Waals surface area contributed by atoms with E-state index in [4.69, 9.17) is 25.8 Å². The highest BCUT2D eigenvalue weighted by atomic mass is 35.5. The molecule has 0 saturated heterocycles. The van der Waals surface area contributed by atoms with Crippen LogP contribution in [0.3, 0.4) is 0 Å². The Morgan fingerprint density at radius 2 is 1.86 bits per heavy atom. The summed E-state index contributed by atoms with van der Waals surface area (Å²) >= 11 is 5.97. The van der Waals surface area contributed by atoms with Crippen molar-refractivity contribution in [3.8, 4) is 11.5 Å². The number of ether oxygens (including phenoxy) is 3. The molecule has 0 radical (unpaired) electrons. The van der Waals surface area contributed by atoms with Gasteiger partial charge in [-0.3, -0.25) is 9.59 Å². The van der Waals surface area contributed by atoms with E-state index in [1.54, 1.807) is 31.4 Å². The lowest BCUT2D eigenvalue weighted by Gasteiger charge is -2.42. The zero-order valence-corrected chi connectivity index (χ0v) is 21.2. The molecular weight excluding hydrogens is 466 g/mol. The number of hydrogen-bond donors (Lipinski definition) is 1. The van der Waals surface area contributed by atoms with Gasteiger partial charge in [-0.15, -0.1) is 0 Å². The van der Waals surface area contributed by atoms with Crippen molar-refractivity contribution in [1.29, 1.82) is 0 Å². The third-order valence-electron chi connectivity index (χ3n) is 6.58. The first-order valence-electron chi connectivity index (χ1n) is 11.5. The van der Waals surface area contributed by atoms with Gasteiger partial charge in [-0.1, -0.05) is 38.1 Å². The summed E-state index contributed by atoms with van der Waals surface area (Å²) in [5.41, 5.74) is 3.40. The van der Waals surface area contributed by atoms with Gasteiger partial charge in [-0.05, 0) is 53.8 Å². The fraction of sp³-hybridized carbons (Fsp3) is 0.357. The van der Waals surface area contributed by atoms with Crippen LogP contribution in [0.2, 0.25) is 5.02 Å². The van der Waals surface area contributed by atoms with Crippen molar-refractivity contribution in [2.75, 3.05) is 14.2 Å². The first kappa shape index (κ1) is 24.9. The number of Topliss-reactive ketones (excluding diaryl/α,β-unsaturated/α-hetero) is 1. The third kappa shape index (κ3) is 5.08. The molecule has 1 N–H and O–H groups in total. The fourth-order valence-electron chi connectivity index (χ4n) is 5.01. The van der Waals surface area contributed by atoms with E-state index < -0.39 is 17.8 Å². The van der Waals surface area contributed by atoms with Crippen molar-refractivity contribution in [3.05, 3.63) is 82.2 Å². The highest BCUT2D eigenvalue weighted by Crippen LogP contribution is 2.48. The summed E-state index contributed by atoms with van der Waals surface area (Å²) in [5.74, 6) is -0.344. The number of allylic oxidation sites excluding steroid dienone is 2. The minimum Gasteiger partial charge on any atom is -0.496 e. The molecule has 2 atom stereocenters. The Morgan fingerprint density at radius 1 is 1.14 bits per heavy atom. The molecule has 0 saturated carbocycles. The lowest BCUT2D eigenvalue weighted by molar-refractivity contribution is -0.144. The Bertz CT molecular complexity index is 1200. The fourth-order valence-corrected chi connectivity index (χ4v) is 5.13. The largest absolute Gasteiger partial charge is 0.496 e. The number of methoxy groups -OCH3 is 2. The number of rotatable bonds is 6. The number of halogens is 1. The Balaban J connectivity index is 1.77. The predicted octanol–water partition coefficient (Wildman–Crippen LogP) is 5.56. The minimum atomic E-state index is -0.734. The second-order valence-electron chi connectivity index (χ2n) is 9.78. The summed E-state index contributed by atoms with van der Waals surface area (Å²) in [6.07, 6.45) is 1.10. The molecule has 2 aromatic carbocycles. The van der Waals surface area contributed by atoms with Crippen molar-refractivity contribution in [2.45, 2.75) is 39.2 Å². The van der Waals surface area contributed by atoms with Crippen LogP contribution < -0.4 is 14.8 Å². The van der Waals surface area contributed by atoms with Crippen molar-refractivity contribution < 1.29 is 23.8 Å². The van der Waals surface area contributed by atoms with Crippen LogP contribution in [0.4, 0.5) is 0 Å². The molecule has 0 spiro atoms. The van der Waals surface area contributed by atoms with E-state index in [-0.39, 0.29) is 17.8 Å². The molecule has 6 nitrogen and oxygen atoms in total. The highest BCUT2D eigenvalue weighted by Gasteiger charge is 2.46. The predicted molar refractivity (Wildman–Crippen MR) is 134 cm³/mol. The number of esters is 1. The summed E-state index contributed by atoms with van der Waals surface area (Å²) in [6.45, 7) is 8.50. The van der Waals surface area contributed by atoms with Crippen molar-refractivity contribution in [1.82, 2.24) is 5.32 Å². The quantitative estimate of drug-likeness (QED) is 0.529. The molecule has 0 aromatic heterocycles. The van der Waals surface area contributed by atoms with Gasteiger partial charge < -0.3 is 19.5 Å². The number of nitrogens with one attached hydrogen (secondary N) is 1. The Morgan fingerprint density at radius 3 is 2.51 bits per heavy atom. The normalized spacial score (nSPS) is 21.2. The van der Waals surface area contributed by atoms with Crippen molar-refractivity contribution >= 4 is 23.4 Å². The molecule has 184 valence electrons. The molecule has 2 unspecified atom stereocenters. The maximum absolute atomic E-state index is 13.4. The molecule has 4 rings (SSSR count). The zero-order chi connectivity index (χ0) is 25.3. The minimum absolute atomic E-state index is 0.0323.